The number of anilines is 1. The highest BCUT2D eigenvalue weighted by Crippen LogP contribution is 2.36. The Hall–Kier alpha value is -2.64. The first kappa shape index (κ1) is 22.8. The molecule has 3 aromatic heterocycles. The summed E-state index contributed by atoms with van der Waals surface area (Å²) in [6.45, 7) is 5.29. The van der Waals surface area contributed by atoms with Crippen LogP contribution in [-0.2, 0) is 21.3 Å². The molecule has 0 bridgehead atoms. The van der Waals surface area contributed by atoms with Crippen molar-refractivity contribution < 1.29 is 13.2 Å². The molecular weight excluding hydrogens is 486 g/mol. The molecule has 5 heterocycles. The first-order valence-electron chi connectivity index (χ1n) is 11.6. The summed E-state index contributed by atoms with van der Waals surface area (Å²) >= 11 is 1.72. The van der Waals surface area contributed by atoms with Crippen LogP contribution >= 0.6 is 11.3 Å². The highest BCUT2D eigenvalue weighted by atomic mass is 32.2. The zero-order valence-corrected chi connectivity index (χ0v) is 21.1. The molecule has 0 spiro atoms. The monoisotopic (exact) mass is 513 g/mol. The molecule has 0 saturated carbocycles. The van der Waals surface area contributed by atoms with Crippen LogP contribution in [0.25, 0.3) is 21.1 Å². The van der Waals surface area contributed by atoms with Gasteiger partial charge in [-0.05, 0) is 17.7 Å². The van der Waals surface area contributed by atoms with Crippen LogP contribution < -0.4 is 4.90 Å². The van der Waals surface area contributed by atoms with Crippen molar-refractivity contribution in [2.45, 2.75) is 12.6 Å². The number of aromatic nitrogens is 4. The van der Waals surface area contributed by atoms with E-state index < -0.39 is 10.0 Å². The molecule has 0 aliphatic carbocycles. The van der Waals surface area contributed by atoms with E-state index in [1.54, 1.807) is 22.0 Å². The first-order chi connectivity index (χ1) is 17.0. The van der Waals surface area contributed by atoms with Crippen LogP contribution in [0, 0.1) is 0 Å². The molecule has 10 nitrogen and oxygen atoms in total. The fraction of sp³-hybridized carbons (Fsp3) is 0.435. The summed E-state index contributed by atoms with van der Waals surface area (Å²) in [4.78, 5) is 14.9. The molecule has 6 rings (SSSR count). The predicted octanol–water partition coefficient (Wildman–Crippen LogP) is 2.22. The van der Waals surface area contributed by atoms with Crippen molar-refractivity contribution >= 4 is 48.3 Å². The Morgan fingerprint density at radius 2 is 2.03 bits per heavy atom. The molecule has 1 atom stereocenters. The third-order valence-corrected chi connectivity index (χ3v) is 9.19. The van der Waals surface area contributed by atoms with Crippen LogP contribution in [0.2, 0.25) is 0 Å². The van der Waals surface area contributed by atoms with Crippen molar-refractivity contribution in [3.05, 3.63) is 47.2 Å². The molecule has 1 unspecified atom stereocenters. The van der Waals surface area contributed by atoms with Gasteiger partial charge in [-0.2, -0.15) is 9.40 Å². The van der Waals surface area contributed by atoms with Crippen LogP contribution in [0.15, 0.2) is 36.8 Å². The minimum absolute atomic E-state index is 0.0882. The number of thiophene rings is 1. The van der Waals surface area contributed by atoms with E-state index in [9.17, 15) is 8.42 Å². The second-order valence-electron chi connectivity index (χ2n) is 9.01. The van der Waals surface area contributed by atoms with E-state index in [2.05, 4.69) is 42.1 Å². The number of fused-ring (bicyclic) bond motifs is 2. The number of piperazine rings is 1. The highest BCUT2D eigenvalue weighted by molar-refractivity contribution is 7.88. The smallest absolute Gasteiger partial charge is 0.211 e. The highest BCUT2D eigenvalue weighted by Gasteiger charge is 2.33. The van der Waals surface area contributed by atoms with Gasteiger partial charge in [0.05, 0.1) is 41.4 Å². The molecule has 0 amide bonds. The SMILES string of the molecule is CS(=O)(=O)N1CCN(Cc2cc3ncnc(N4CCOCC4)c3s2)C(c2cccc3[nH]ncc23)C1. The third-order valence-electron chi connectivity index (χ3n) is 6.81. The Balaban J connectivity index is 1.34. The van der Waals surface area contributed by atoms with Crippen LogP contribution in [0.5, 0.6) is 0 Å². The number of nitrogens with zero attached hydrogens (tertiary/aromatic N) is 6. The number of benzene rings is 1. The molecular formula is C23H27N7O3S2. The summed E-state index contributed by atoms with van der Waals surface area (Å²) in [5.41, 5.74) is 2.98. The van der Waals surface area contributed by atoms with Gasteiger partial charge in [0, 0.05) is 55.6 Å². The van der Waals surface area contributed by atoms with Gasteiger partial charge in [0.15, 0.2) is 0 Å². The van der Waals surface area contributed by atoms with Gasteiger partial charge in [0.1, 0.15) is 12.1 Å². The minimum Gasteiger partial charge on any atom is -0.378 e. The van der Waals surface area contributed by atoms with E-state index in [1.165, 1.54) is 11.1 Å². The first-order valence-corrected chi connectivity index (χ1v) is 14.3. The number of nitrogens with one attached hydrogen (secondary N) is 1. The zero-order valence-electron chi connectivity index (χ0n) is 19.4. The lowest BCUT2D eigenvalue weighted by Crippen LogP contribution is -2.49. The van der Waals surface area contributed by atoms with Gasteiger partial charge in [-0.3, -0.25) is 10.00 Å². The lowest BCUT2D eigenvalue weighted by molar-refractivity contribution is 0.113. The normalized spacial score (nSPS) is 20.7. The van der Waals surface area contributed by atoms with Crippen molar-refractivity contribution in [3.63, 3.8) is 0 Å². The molecule has 35 heavy (non-hydrogen) atoms. The van der Waals surface area contributed by atoms with E-state index in [1.807, 2.05) is 18.3 Å². The number of sulfonamides is 1. The summed E-state index contributed by atoms with van der Waals surface area (Å²) in [6.07, 6.45) is 4.75. The number of hydrogen-bond acceptors (Lipinski definition) is 9. The Kier molecular flexibility index (Phi) is 5.93. The van der Waals surface area contributed by atoms with Gasteiger partial charge in [-0.1, -0.05) is 12.1 Å². The second kappa shape index (κ2) is 9.10. The third kappa shape index (κ3) is 4.40. The van der Waals surface area contributed by atoms with Crippen LogP contribution in [0.1, 0.15) is 16.5 Å². The summed E-state index contributed by atoms with van der Waals surface area (Å²) < 4.78 is 33.0. The molecule has 1 aromatic carbocycles. The van der Waals surface area contributed by atoms with Gasteiger partial charge in [0.25, 0.3) is 0 Å². The number of hydrogen-bond donors (Lipinski definition) is 1. The average molecular weight is 514 g/mol. The fourth-order valence-corrected chi connectivity index (χ4v) is 7.01. The van der Waals surface area contributed by atoms with Crippen molar-refractivity contribution in [1.82, 2.24) is 29.4 Å². The molecule has 2 aliphatic rings. The van der Waals surface area contributed by atoms with Gasteiger partial charge in [-0.15, -0.1) is 11.3 Å². The Morgan fingerprint density at radius 1 is 1.17 bits per heavy atom. The molecule has 184 valence electrons. The maximum atomic E-state index is 12.4. The van der Waals surface area contributed by atoms with E-state index in [0.29, 0.717) is 39.4 Å². The summed E-state index contributed by atoms with van der Waals surface area (Å²) in [6, 6.07) is 8.12. The Bertz CT molecular complexity index is 1460. The van der Waals surface area contributed by atoms with Crippen LogP contribution in [0.4, 0.5) is 5.82 Å². The summed E-state index contributed by atoms with van der Waals surface area (Å²) in [7, 11) is -3.29. The number of ether oxygens (including phenoxy) is 1. The quantitative estimate of drug-likeness (QED) is 0.433. The van der Waals surface area contributed by atoms with Gasteiger partial charge >= 0.3 is 0 Å². The predicted molar refractivity (Wildman–Crippen MR) is 136 cm³/mol. The Labute approximate surface area is 207 Å². The maximum absolute atomic E-state index is 12.4. The van der Waals surface area contributed by atoms with Gasteiger partial charge in [0.2, 0.25) is 10.0 Å². The standard InChI is InChI=1S/C23H27N7O3S2/c1-35(31,32)30-6-5-29(21(14-30)17-3-2-4-19-18(17)12-26-27-19)13-16-11-20-22(34-16)23(25-15-24-20)28-7-9-33-10-8-28/h2-4,11-12,15,21H,5-10,13-14H2,1H3,(H,26,27). The zero-order chi connectivity index (χ0) is 24.0. The number of morpholine rings is 1. The van der Waals surface area contributed by atoms with Crippen molar-refractivity contribution in [2.24, 2.45) is 0 Å². The molecule has 4 aromatic rings. The maximum Gasteiger partial charge on any atom is 0.211 e. The summed E-state index contributed by atoms with van der Waals surface area (Å²) in [5, 5.41) is 8.27. The topological polar surface area (TPSA) is 108 Å². The van der Waals surface area contributed by atoms with E-state index in [4.69, 9.17) is 4.74 Å². The van der Waals surface area contributed by atoms with Gasteiger partial charge < -0.3 is 9.64 Å². The van der Waals surface area contributed by atoms with Crippen molar-refractivity contribution in [3.8, 4) is 0 Å². The van der Waals surface area contributed by atoms with Gasteiger partial charge in [-0.25, -0.2) is 18.4 Å². The lowest BCUT2D eigenvalue weighted by atomic mass is 9.99. The molecule has 1 N–H and O–H groups in total. The Morgan fingerprint density at radius 3 is 2.86 bits per heavy atom. The van der Waals surface area contributed by atoms with Crippen molar-refractivity contribution in [2.75, 3.05) is 57.1 Å². The molecule has 0 radical (unpaired) electrons. The van der Waals surface area contributed by atoms with E-state index >= 15 is 0 Å². The molecule has 2 fully saturated rings. The largest absolute Gasteiger partial charge is 0.378 e. The van der Waals surface area contributed by atoms with E-state index in [0.717, 1.165) is 45.6 Å². The second-order valence-corrected chi connectivity index (χ2v) is 12.1. The molecule has 2 saturated heterocycles. The number of H-pyrrole nitrogens is 1. The summed E-state index contributed by atoms with van der Waals surface area (Å²) in [5.74, 6) is 0.969. The molecule has 12 heteroatoms. The number of rotatable bonds is 5. The fourth-order valence-electron chi connectivity index (χ4n) is 5.03. The van der Waals surface area contributed by atoms with E-state index in [-0.39, 0.29) is 6.04 Å². The van der Waals surface area contributed by atoms with Crippen LogP contribution in [-0.4, -0.2) is 90.0 Å². The lowest BCUT2D eigenvalue weighted by Gasteiger charge is -2.40. The average Bonchev–Trinajstić information content (AvgIpc) is 3.50. The van der Waals surface area contributed by atoms with Crippen LogP contribution in [0.3, 0.4) is 0 Å². The minimum atomic E-state index is -3.29. The van der Waals surface area contributed by atoms with Crippen molar-refractivity contribution in [1.29, 1.82) is 0 Å². The number of aromatic amines is 1. The molecule has 2 aliphatic heterocycles.